The quantitative estimate of drug-likeness (QED) is 0.837. The van der Waals surface area contributed by atoms with Gasteiger partial charge in [0.2, 0.25) is 0 Å². The van der Waals surface area contributed by atoms with E-state index in [4.69, 9.17) is 0 Å². The summed E-state index contributed by atoms with van der Waals surface area (Å²) >= 11 is 0. The van der Waals surface area contributed by atoms with Crippen LogP contribution in [0.1, 0.15) is 32.3 Å². The molecule has 1 atom stereocenters. The van der Waals surface area contributed by atoms with E-state index in [1.54, 1.807) is 12.1 Å². The molecule has 0 aromatic heterocycles. The summed E-state index contributed by atoms with van der Waals surface area (Å²) in [5, 5.41) is 15.3. The van der Waals surface area contributed by atoms with Crippen molar-refractivity contribution in [1.29, 1.82) is 0 Å². The normalized spacial score (nSPS) is 12.0. The molecule has 2 amide bonds. The molecule has 18 heavy (non-hydrogen) atoms. The van der Waals surface area contributed by atoms with Gasteiger partial charge in [0.25, 0.3) is 0 Å². The molecule has 0 radical (unpaired) electrons. The number of rotatable bonds is 4. The van der Waals surface area contributed by atoms with Crippen LogP contribution in [-0.2, 0) is 4.79 Å². The van der Waals surface area contributed by atoms with Crippen molar-refractivity contribution in [2.75, 3.05) is 5.32 Å². The molecule has 2 N–H and O–H groups in total. The number of hydrogen-bond acceptors (Lipinski definition) is 3. The van der Waals surface area contributed by atoms with Crippen LogP contribution < -0.4 is 15.7 Å². The van der Waals surface area contributed by atoms with Crippen molar-refractivity contribution in [1.82, 2.24) is 5.32 Å². The van der Waals surface area contributed by atoms with E-state index in [1.165, 1.54) is 12.5 Å². The lowest BCUT2D eigenvalue weighted by atomic mass is 10.0. The zero-order valence-corrected chi connectivity index (χ0v) is 10.7. The fourth-order valence-corrected chi connectivity index (χ4v) is 1.37. The van der Waals surface area contributed by atoms with Crippen LogP contribution in [0.3, 0.4) is 0 Å². The first-order valence-corrected chi connectivity index (χ1v) is 5.78. The molecule has 0 fully saturated rings. The van der Waals surface area contributed by atoms with Crippen LogP contribution in [0.2, 0.25) is 0 Å². The summed E-state index contributed by atoms with van der Waals surface area (Å²) in [7, 11) is 0. The summed E-state index contributed by atoms with van der Waals surface area (Å²) < 4.78 is 0. The average Bonchev–Trinajstić information content (AvgIpc) is 2.29. The number of urea groups is 1. The zero-order chi connectivity index (χ0) is 13.7. The molecule has 0 unspecified atom stereocenters. The van der Waals surface area contributed by atoms with Gasteiger partial charge in [-0.3, -0.25) is 0 Å². The minimum atomic E-state index is -1.32. The van der Waals surface area contributed by atoms with Crippen LogP contribution in [-0.4, -0.2) is 18.0 Å². The lowest BCUT2D eigenvalue weighted by Crippen LogP contribution is -2.47. The lowest BCUT2D eigenvalue weighted by molar-refractivity contribution is -0.307. The van der Waals surface area contributed by atoms with Gasteiger partial charge in [-0.15, -0.1) is 0 Å². The van der Waals surface area contributed by atoms with Gasteiger partial charge in [-0.05, 0) is 30.5 Å². The van der Waals surface area contributed by atoms with Gasteiger partial charge in [0.05, 0.1) is 12.0 Å². The molecule has 0 saturated carbocycles. The van der Waals surface area contributed by atoms with Crippen molar-refractivity contribution >= 4 is 17.7 Å². The minimum absolute atomic E-state index is 0.422. The summed E-state index contributed by atoms with van der Waals surface area (Å²) in [5.41, 5.74) is 1.78. The van der Waals surface area contributed by atoms with Crippen molar-refractivity contribution in [3.05, 3.63) is 29.8 Å². The van der Waals surface area contributed by atoms with Crippen molar-refractivity contribution in [2.45, 2.75) is 32.7 Å². The Morgan fingerprint density at radius 2 is 1.67 bits per heavy atom. The highest BCUT2D eigenvalue weighted by Gasteiger charge is 2.07. The van der Waals surface area contributed by atoms with E-state index in [1.807, 2.05) is 12.1 Å². The number of carboxylic acid groups (broad SMARTS) is 1. The first kappa shape index (κ1) is 14.0. The Kier molecular flexibility index (Phi) is 4.71. The molecule has 98 valence electrons. The molecule has 5 nitrogen and oxygen atoms in total. The molecule has 1 rings (SSSR count). The minimum Gasteiger partial charge on any atom is -0.548 e. The van der Waals surface area contributed by atoms with Gasteiger partial charge in [0.15, 0.2) is 0 Å². The number of amides is 2. The Bertz CT molecular complexity index is 426. The van der Waals surface area contributed by atoms with Gasteiger partial charge >= 0.3 is 6.03 Å². The van der Waals surface area contributed by atoms with Gasteiger partial charge in [0.1, 0.15) is 0 Å². The standard InChI is InChI=1S/C13H18N2O3/c1-8(2)10-4-6-11(7-5-10)15-13(18)14-9(3)12(16)17/h4-9H,1-3H3,(H,16,17)(H2,14,15,18)/p-1/t9-/m0/s1. The van der Waals surface area contributed by atoms with E-state index in [2.05, 4.69) is 24.5 Å². The number of hydrogen-bond donors (Lipinski definition) is 2. The second kappa shape index (κ2) is 6.05. The average molecular weight is 249 g/mol. The monoisotopic (exact) mass is 249 g/mol. The molecular weight excluding hydrogens is 232 g/mol. The van der Waals surface area contributed by atoms with E-state index in [0.29, 0.717) is 11.6 Å². The van der Waals surface area contributed by atoms with Crippen molar-refractivity contribution < 1.29 is 14.7 Å². The predicted molar refractivity (Wildman–Crippen MR) is 67.2 cm³/mol. The number of benzene rings is 1. The third-order valence-electron chi connectivity index (χ3n) is 2.54. The fraction of sp³-hybridized carbons (Fsp3) is 0.385. The summed E-state index contributed by atoms with van der Waals surface area (Å²) in [4.78, 5) is 21.9. The molecule has 5 heteroatoms. The molecule has 0 aliphatic carbocycles. The molecule has 0 spiro atoms. The van der Waals surface area contributed by atoms with Crippen molar-refractivity contribution in [3.8, 4) is 0 Å². The fourth-order valence-electron chi connectivity index (χ4n) is 1.37. The van der Waals surface area contributed by atoms with E-state index in [-0.39, 0.29) is 0 Å². The number of carboxylic acids is 1. The molecule has 0 bridgehead atoms. The molecular formula is C13H17N2O3-. The van der Waals surface area contributed by atoms with Gasteiger partial charge in [0, 0.05) is 5.69 Å². The zero-order valence-electron chi connectivity index (χ0n) is 10.7. The van der Waals surface area contributed by atoms with Gasteiger partial charge in [-0.25, -0.2) is 4.79 Å². The maximum atomic E-state index is 11.4. The number of aliphatic carboxylic acids is 1. The second-order valence-corrected chi connectivity index (χ2v) is 4.42. The maximum absolute atomic E-state index is 11.4. The van der Waals surface area contributed by atoms with Crippen LogP contribution >= 0.6 is 0 Å². The van der Waals surface area contributed by atoms with E-state index < -0.39 is 18.0 Å². The first-order chi connectivity index (χ1) is 8.40. The van der Waals surface area contributed by atoms with E-state index in [0.717, 1.165) is 0 Å². The smallest absolute Gasteiger partial charge is 0.319 e. The Morgan fingerprint density at radius 3 is 2.11 bits per heavy atom. The van der Waals surface area contributed by atoms with Gasteiger partial charge in [-0.2, -0.15) is 0 Å². The molecule has 1 aromatic carbocycles. The molecule has 0 saturated heterocycles. The first-order valence-electron chi connectivity index (χ1n) is 5.78. The Labute approximate surface area is 106 Å². The van der Waals surface area contributed by atoms with Gasteiger partial charge in [-0.1, -0.05) is 26.0 Å². The van der Waals surface area contributed by atoms with E-state index in [9.17, 15) is 14.7 Å². The summed E-state index contributed by atoms with van der Waals surface area (Å²) in [6, 6.07) is 5.80. The Balaban J connectivity index is 2.57. The van der Waals surface area contributed by atoms with Crippen LogP contribution in [0.5, 0.6) is 0 Å². The third-order valence-corrected chi connectivity index (χ3v) is 2.54. The highest BCUT2D eigenvalue weighted by atomic mass is 16.4. The summed E-state index contributed by atoms with van der Waals surface area (Å²) in [6.07, 6.45) is 0. The van der Waals surface area contributed by atoms with Crippen molar-refractivity contribution in [2.24, 2.45) is 0 Å². The lowest BCUT2D eigenvalue weighted by Gasteiger charge is -2.15. The SMILES string of the molecule is CC(C)c1ccc(NC(=O)N[C@@H](C)C(=O)[O-])cc1. The highest BCUT2D eigenvalue weighted by molar-refractivity contribution is 5.91. The number of nitrogens with one attached hydrogen (secondary N) is 2. The van der Waals surface area contributed by atoms with Crippen LogP contribution in [0.25, 0.3) is 0 Å². The largest absolute Gasteiger partial charge is 0.548 e. The van der Waals surface area contributed by atoms with Crippen LogP contribution in [0.15, 0.2) is 24.3 Å². The second-order valence-electron chi connectivity index (χ2n) is 4.42. The van der Waals surface area contributed by atoms with Gasteiger partial charge < -0.3 is 20.5 Å². The highest BCUT2D eigenvalue weighted by Crippen LogP contribution is 2.16. The number of carbonyl (C=O) groups is 2. The van der Waals surface area contributed by atoms with Crippen LogP contribution in [0.4, 0.5) is 10.5 Å². The summed E-state index contributed by atoms with van der Waals surface area (Å²) in [5.74, 6) is -0.897. The van der Waals surface area contributed by atoms with Crippen molar-refractivity contribution in [3.63, 3.8) is 0 Å². The summed E-state index contributed by atoms with van der Waals surface area (Å²) in [6.45, 7) is 5.50. The Hall–Kier alpha value is -2.04. The third kappa shape index (κ3) is 4.08. The molecule has 0 aliphatic heterocycles. The van der Waals surface area contributed by atoms with E-state index >= 15 is 0 Å². The number of carbonyl (C=O) groups excluding carboxylic acids is 2. The molecule has 0 heterocycles. The predicted octanol–water partition coefficient (Wildman–Crippen LogP) is 1.07. The maximum Gasteiger partial charge on any atom is 0.319 e. The molecule has 1 aromatic rings. The number of anilines is 1. The molecule has 0 aliphatic rings. The van der Waals surface area contributed by atoms with Crippen LogP contribution in [0, 0.1) is 0 Å². The Morgan fingerprint density at radius 1 is 1.11 bits per heavy atom. The topological polar surface area (TPSA) is 81.3 Å².